The Morgan fingerprint density at radius 2 is 2.32 bits per heavy atom. The minimum atomic E-state index is 0.0475. The number of nitrogens with zero attached hydrogens (tertiary/aromatic N) is 3. The van der Waals surface area contributed by atoms with Crippen molar-refractivity contribution < 1.29 is 9.53 Å². The van der Waals surface area contributed by atoms with Crippen molar-refractivity contribution in [3.05, 3.63) is 28.5 Å². The van der Waals surface area contributed by atoms with Crippen molar-refractivity contribution in [1.82, 2.24) is 14.8 Å². The topological polar surface area (TPSA) is 57.0 Å². The van der Waals surface area contributed by atoms with E-state index in [4.69, 9.17) is 4.74 Å². The average Bonchev–Trinajstić information content (AvgIpc) is 2.98. The van der Waals surface area contributed by atoms with Gasteiger partial charge in [0.2, 0.25) is 0 Å². The number of carbonyl (C=O) groups is 1. The molecule has 0 spiro atoms. The first-order valence-electron chi connectivity index (χ1n) is 6.12. The molecule has 0 aliphatic rings. The van der Waals surface area contributed by atoms with Crippen LogP contribution in [0.2, 0.25) is 0 Å². The van der Waals surface area contributed by atoms with Crippen LogP contribution in [0, 0.1) is 5.92 Å². The normalized spacial score (nSPS) is 10.9. The molecule has 0 aliphatic heterocycles. The highest BCUT2D eigenvalue weighted by Gasteiger charge is 2.15. The van der Waals surface area contributed by atoms with Gasteiger partial charge in [0.1, 0.15) is 17.9 Å². The molecule has 2 aromatic rings. The summed E-state index contributed by atoms with van der Waals surface area (Å²) in [4.78, 5) is 17.0. The molecule has 0 radical (unpaired) electrons. The molecule has 0 saturated heterocycles. The molecule has 5 nitrogen and oxygen atoms in total. The zero-order valence-electron chi connectivity index (χ0n) is 11.3. The summed E-state index contributed by atoms with van der Waals surface area (Å²) >= 11 is 1.39. The number of methoxy groups -OCH3 is 1. The fourth-order valence-corrected chi connectivity index (χ4v) is 2.52. The Balaban J connectivity index is 2.08. The number of ether oxygens (including phenoxy) is 1. The number of hydrogen-bond donors (Lipinski definition) is 0. The van der Waals surface area contributed by atoms with Crippen LogP contribution in [0.15, 0.2) is 17.8 Å². The van der Waals surface area contributed by atoms with Gasteiger partial charge in [-0.3, -0.25) is 4.79 Å². The SMILES string of the molecule is COc1csc(C(=O)Cc2ncnn2CC(C)C)c1. The number of aromatic nitrogens is 3. The molecule has 0 N–H and O–H groups in total. The fourth-order valence-electron chi connectivity index (χ4n) is 1.73. The second-order valence-corrected chi connectivity index (χ2v) is 5.61. The van der Waals surface area contributed by atoms with E-state index < -0.39 is 0 Å². The Bertz CT molecular complexity index is 560. The highest BCUT2D eigenvalue weighted by Crippen LogP contribution is 2.22. The molecule has 2 heterocycles. The van der Waals surface area contributed by atoms with E-state index in [1.807, 2.05) is 5.38 Å². The van der Waals surface area contributed by atoms with Gasteiger partial charge in [-0.2, -0.15) is 5.10 Å². The van der Waals surface area contributed by atoms with Gasteiger partial charge in [0.05, 0.1) is 18.4 Å². The predicted octanol–water partition coefficient (Wildman–Crippen LogP) is 2.43. The highest BCUT2D eigenvalue weighted by atomic mass is 32.1. The maximum atomic E-state index is 12.2. The monoisotopic (exact) mass is 279 g/mol. The van der Waals surface area contributed by atoms with Crippen molar-refractivity contribution in [2.24, 2.45) is 5.92 Å². The fraction of sp³-hybridized carbons (Fsp3) is 0.462. The molecule has 2 rings (SSSR count). The van der Waals surface area contributed by atoms with E-state index in [2.05, 4.69) is 23.9 Å². The number of carbonyl (C=O) groups excluding carboxylic acids is 1. The smallest absolute Gasteiger partial charge is 0.180 e. The lowest BCUT2D eigenvalue weighted by molar-refractivity contribution is 0.0992. The summed E-state index contributed by atoms with van der Waals surface area (Å²) in [5.74, 6) is 1.95. The van der Waals surface area contributed by atoms with Crippen LogP contribution in [0.4, 0.5) is 0 Å². The molecule has 0 aliphatic carbocycles. The lowest BCUT2D eigenvalue weighted by Crippen LogP contribution is -2.13. The largest absolute Gasteiger partial charge is 0.496 e. The third-order valence-electron chi connectivity index (χ3n) is 2.64. The maximum absolute atomic E-state index is 12.2. The number of thiophene rings is 1. The number of ketones is 1. The van der Waals surface area contributed by atoms with Crippen LogP contribution >= 0.6 is 11.3 Å². The van der Waals surface area contributed by atoms with Crippen LogP contribution in [0.5, 0.6) is 5.75 Å². The minimum absolute atomic E-state index is 0.0475. The standard InChI is InChI=1S/C13H17N3O2S/c1-9(2)6-16-13(14-8-15-16)5-11(17)12-4-10(18-3)7-19-12/h4,7-9H,5-6H2,1-3H3. The first-order chi connectivity index (χ1) is 9.10. The van der Waals surface area contributed by atoms with E-state index in [1.54, 1.807) is 17.9 Å². The average molecular weight is 279 g/mol. The molecule has 0 amide bonds. The zero-order valence-corrected chi connectivity index (χ0v) is 12.1. The van der Waals surface area contributed by atoms with E-state index in [1.165, 1.54) is 17.7 Å². The van der Waals surface area contributed by atoms with Crippen LogP contribution in [-0.4, -0.2) is 27.7 Å². The first kappa shape index (κ1) is 13.7. The first-order valence-corrected chi connectivity index (χ1v) is 7.00. The van der Waals surface area contributed by atoms with Gasteiger partial charge in [-0.1, -0.05) is 13.8 Å². The van der Waals surface area contributed by atoms with Crippen LogP contribution in [0.3, 0.4) is 0 Å². The summed E-state index contributed by atoms with van der Waals surface area (Å²) in [5, 5.41) is 5.98. The Morgan fingerprint density at radius 3 is 2.95 bits per heavy atom. The van der Waals surface area contributed by atoms with Gasteiger partial charge in [0, 0.05) is 18.0 Å². The van der Waals surface area contributed by atoms with Gasteiger partial charge >= 0.3 is 0 Å². The van der Waals surface area contributed by atoms with E-state index in [0.29, 0.717) is 16.6 Å². The van der Waals surface area contributed by atoms with Crippen LogP contribution in [0.1, 0.15) is 29.3 Å². The lowest BCUT2D eigenvalue weighted by atomic mass is 10.2. The quantitative estimate of drug-likeness (QED) is 0.762. The molecular weight excluding hydrogens is 262 g/mol. The molecule has 0 bridgehead atoms. The Morgan fingerprint density at radius 1 is 1.53 bits per heavy atom. The molecule has 0 aromatic carbocycles. The van der Waals surface area contributed by atoms with E-state index in [-0.39, 0.29) is 12.2 Å². The van der Waals surface area contributed by atoms with Crippen LogP contribution < -0.4 is 4.74 Å². The van der Waals surface area contributed by atoms with Crippen molar-refractivity contribution in [3.8, 4) is 5.75 Å². The highest BCUT2D eigenvalue weighted by molar-refractivity contribution is 7.12. The number of rotatable bonds is 6. The second kappa shape index (κ2) is 5.97. The summed E-state index contributed by atoms with van der Waals surface area (Å²) < 4.78 is 6.88. The molecule has 19 heavy (non-hydrogen) atoms. The van der Waals surface area contributed by atoms with Crippen LogP contribution in [-0.2, 0) is 13.0 Å². The molecule has 0 fully saturated rings. The number of Topliss-reactive ketones (excluding diaryl/α,β-unsaturated/α-hetero) is 1. The molecule has 2 aromatic heterocycles. The lowest BCUT2D eigenvalue weighted by Gasteiger charge is -2.07. The maximum Gasteiger partial charge on any atom is 0.180 e. The zero-order chi connectivity index (χ0) is 13.8. The predicted molar refractivity (Wildman–Crippen MR) is 73.8 cm³/mol. The van der Waals surface area contributed by atoms with Gasteiger partial charge < -0.3 is 4.74 Å². The van der Waals surface area contributed by atoms with Crippen molar-refractivity contribution in [2.75, 3.05) is 7.11 Å². The van der Waals surface area contributed by atoms with Crippen molar-refractivity contribution >= 4 is 17.1 Å². The summed E-state index contributed by atoms with van der Waals surface area (Å²) in [5.41, 5.74) is 0. The Hall–Kier alpha value is -1.69. The van der Waals surface area contributed by atoms with Gasteiger partial charge in [0.15, 0.2) is 5.78 Å². The summed E-state index contributed by atoms with van der Waals surface area (Å²) in [6.07, 6.45) is 1.77. The van der Waals surface area contributed by atoms with E-state index in [0.717, 1.165) is 12.3 Å². The summed E-state index contributed by atoms with van der Waals surface area (Å²) in [6, 6.07) is 1.76. The van der Waals surface area contributed by atoms with Crippen molar-refractivity contribution in [1.29, 1.82) is 0 Å². The van der Waals surface area contributed by atoms with Gasteiger partial charge in [-0.25, -0.2) is 9.67 Å². The van der Waals surface area contributed by atoms with Gasteiger partial charge in [-0.05, 0) is 5.92 Å². The number of hydrogen-bond acceptors (Lipinski definition) is 5. The third kappa shape index (κ3) is 3.41. The van der Waals surface area contributed by atoms with Crippen LogP contribution in [0.25, 0.3) is 0 Å². The van der Waals surface area contributed by atoms with Gasteiger partial charge in [-0.15, -0.1) is 11.3 Å². The third-order valence-corrected chi connectivity index (χ3v) is 3.59. The minimum Gasteiger partial charge on any atom is -0.496 e. The molecular formula is C13H17N3O2S. The molecule has 0 saturated carbocycles. The van der Waals surface area contributed by atoms with E-state index in [9.17, 15) is 4.79 Å². The Labute approximate surface area is 116 Å². The van der Waals surface area contributed by atoms with Crippen molar-refractivity contribution in [3.63, 3.8) is 0 Å². The second-order valence-electron chi connectivity index (χ2n) is 4.70. The summed E-state index contributed by atoms with van der Waals surface area (Å²) in [6.45, 7) is 4.99. The molecule has 0 atom stereocenters. The van der Waals surface area contributed by atoms with E-state index >= 15 is 0 Å². The molecule has 0 unspecified atom stereocenters. The van der Waals surface area contributed by atoms with Crippen molar-refractivity contribution in [2.45, 2.75) is 26.8 Å². The Kier molecular flexibility index (Phi) is 4.31. The molecule has 102 valence electrons. The summed E-state index contributed by atoms with van der Waals surface area (Å²) in [7, 11) is 1.59. The molecule has 6 heteroatoms. The van der Waals surface area contributed by atoms with Gasteiger partial charge in [0.25, 0.3) is 0 Å².